The lowest BCUT2D eigenvalue weighted by Gasteiger charge is -2.37. The first-order valence-electron chi connectivity index (χ1n) is 10.9. The number of anilines is 1. The number of thiophene rings is 1. The van der Waals surface area contributed by atoms with Gasteiger partial charge in [0.1, 0.15) is 17.0 Å². The molecule has 1 aromatic carbocycles. The van der Waals surface area contributed by atoms with E-state index >= 15 is 0 Å². The van der Waals surface area contributed by atoms with Crippen LogP contribution in [0.25, 0.3) is 56.0 Å². The third-order valence-electron chi connectivity index (χ3n) is 6.13. The van der Waals surface area contributed by atoms with E-state index in [2.05, 4.69) is 47.6 Å². The van der Waals surface area contributed by atoms with Gasteiger partial charge < -0.3 is 15.6 Å². The third kappa shape index (κ3) is 3.07. The minimum Gasteiger partial charge on any atom is -0.352 e. The molecule has 5 aromatic heterocycles. The minimum absolute atomic E-state index is 0.203. The molecule has 0 atom stereocenters. The van der Waals surface area contributed by atoms with Crippen LogP contribution >= 0.6 is 11.3 Å². The molecule has 0 bridgehead atoms. The molecule has 0 saturated carbocycles. The molecule has 0 spiro atoms. The van der Waals surface area contributed by atoms with Gasteiger partial charge in [0, 0.05) is 47.2 Å². The molecule has 6 heterocycles. The molecule has 0 aliphatic carbocycles. The van der Waals surface area contributed by atoms with E-state index < -0.39 is 0 Å². The number of fused-ring (bicyclic) bond motifs is 2. The van der Waals surface area contributed by atoms with Gasteiger partial charge in [-0.05, 0) is 29.6 Å². The van der Waals surface area contributed by atoms with Crippen LogP contribution in [0.3, 0.4) is 0 Å². The second-order valence-electron chi connectivity index (χ2n) is 8.41. The summed E-state index contributed by atoms with van der Waals surface area (Å²) in [5, 5.41) is 12.8. The molecule has 1 aliphatic rings. The number of imidazole rings is 1. The van der Waals surface area contributed by atoms with E-state index in [1.807, 2.05) is 23.6 Å². The molecular weight excluding hydrogens is 446 g/mol. The summed E-state index contributed by atoms with van der Waals surface area (Å²) < 4.78 is 0. The molecule has 6 aromatic rings. The zero-order valence-corrected chi connectivity index (χ0v) is 18.8. The van der Waals surface area contributed by atoms with Crippen LogP contribution in [0, 0.1) is 0 Å². The topological polar surface area (TPSA) is 125 Å². The van der Waals surface area contributed by atoms with Gasteiger partial charge in [-0.1, -0.05) is 6.07 Å². The van der Waals surface area contributed by atoms with Crippen molar-refractivity contribution in [2.45, 2.75) is 6.04 Å². The first-order valence-corrected chi connectivity index (χ1v) is 11.9. The van der Waals surface area contributed by atoms with Crippen LogP contribution in [-0.4, -0.2) is 54.2 Å². The Labute approximate surface area is 197 Å². The molecule has 9 nitrogen and oxygen atoms in total. The Kier molecular flexibility index (Phi) is 4.23. The number of hydrogen-bond donors (Lipinski definition) is 3. The lowest BCUT2D eigenvalue weighted by atomic mass is 10.1. The number of H-pyrrole nitrogens is 2. The second kappa shape index (κ2) is 7.44. The number of aromatic amines is 2. The standard InChI is InChI=1S/C24H19N9S/c25-15-10-33(11-15)20-9-26-8-19(28-20)13-1-2-17-16(7-13)22(32-31-17)24-29-18-3-5-27-21(23(18)30-24)14-4-6-34-12-14/h1-9,12,15H,10-11,25H2,(H,29,30)(H,31,32). The Balaban J connectivity index is 1.31. The van der Waals surface area contributed by atoms with Crippen LogP contribution in [0.15, 0.2) is 59.7 Å². The number of pyridine rings is 1. The lowest BCUT2D eigenvalue weighted by Crippen LogP contribution is -2.56. The van der Waals surface area contributed by atoms with Gasteiger partial charge in [0.25, 0.3) is 0 Å². The number of nitrogens with two attached hydrogens (primary N) is 1. The second-order valence-corrected chi connectivity index (χ2v) is 9.19. The normalized spacial score (nSPS) is 14.2. The minimum atomic E-state index is 0.203. The summed E-state index contributed by atoms with van der Waals surface area (Å²) in [5.41, 5.74) is 13.0. The first-order chi connectivity index (χ1) is 16.7. The van der Waals surface area contributed by atoms with Crippen LogP contribution in [0.1, 0.15) is 0 Å². The Morgan fingerprint density at radius 2 is 1.94 bits per heavy atom. The van der Waals surface area contributed by atoms with Gasteiger partial charge in [0.05, 0.1) is 34.8 Å². The zero-order chi connectivity index (χ0) is 22.6. The van der Waals surface area contributed by atoms with Crippen molar-refractivity contribution in [1.82, 2.24) is 35.1 Å². The molecule has 0 amide bonds. The van der Waals surface area contributed by atoms with E-state index in [-0.39, 0.29) is 6.04 Å². The summed E-state index contributed by atoms with van der Waals surface area (Å²) in [6.07, 6.45) is 5.36. The van der Waals surface area contributed by atoms with Crippen molar-refractivity contribution >= 4 is 39.1 Å². The van der Waals surface area contributed by atoms with Gasteiger partial charge in [-0.2, -0.15) is 16.4 Å². The Hall–Kier alpha value is -4.15. The van der Waals surface area contributed by atoms with Crippen LogP contribution in [0.2, 0.25) is 0 Å². The van der Waals surface area contributed by atoms with Gasteiger partial charge in [0.2, 0.25) is 0 Å². The van der Waals surface area contributed by atoms with Crippen molar-refractivity contribution in [3.8, 4) is 34.0 Å². The van der Waals surface area contributed by atoms with Gasteiger partial charge >= 0.3 is 0 Å². The molecular formula is C24H19N9S. The van der Waals surface area contributed by atoms with E-state index in [1.165, 1.54) is 0 Å². The average Bonchev–Trinajstić information content (AvgIpc) is 3.60. The Morgan fingerprint density at radius 1 is 1.00 bits per heavy atom. The molecule has 0 unspecified atom stereocenters. The van der Waals surface area contributed by atoms with Crippen molar-refractivity contribution in [1.29, 1.82) is 0 Å². The molecule has 1 aliphatic heterocycles. The lowest BCUT2D eigenvalue weighted by molar-refractivity contribution is 0.514. The summed E-state index contributed by atoms with van der Waals surface area (Å²) in [7, 11) is 0. The van der Waals surface area contributed by atoms with Gasteiger partial charge in [-0.15, -0.1) is 0 Å². The predicted octanol–water partition coefficient (Wildman–Crippen LogP) is 3.83. The Morgan fingerprint density at radius 3 is 2.79 bits per heavy atom. The van der Waals surface area contributed by atoms with Gasteiger partial charge in [-0.25, -0.2) is 9.97 Å². The number of nitrogens with one attached hydrogen (secondary N) is 2. The molecule has 4 N–H and O–H groups in total. The smallest absolute Gasteiger partial charge is 0.159 e. The van der Waals surface area contributed by atoms with Crippen molar-refractivity contribution in [3.05, 3.63) is 59.7 Å². The maximum atomic E-state index is 5.93. The zero-order valence-electron chi connectivity index (χ0n) is 17.9. The molecule has 1 saturated heterocycles. The van der Waals surface area contributed by atoms with Crippen molar-refractivity contribution < 1.29 is 0 Å². The fourth-order valence-electron chi connectivity index (χ4n) is 4.36. The van der Waals surface area contributed by atoms with Gasteiger partial charge in [0.15, 0.2) is 5.82 Å². The molecule has 1 fully saturated rings. The maximum Gasteiger partial charge on any atom is 0.159 e. The maximum absolute atomic E-state index is 5.93. The van der Waals surface area contributed by atoms with Crippen molar-refractivity contribution in [2.75, 3.05) is 18.0 Å². The van der Waals surface area contributed by atoms with Crippen molar-refractivity contribution in [3.63, 3.8) is 0 Å². The van der Waals surface area contributed by atoms with E-state index in [0.717, 1.165) is 69.1 Å². The number of rotatable bonds is 4. The van der Waals surface area contributed by atoms with E-state index in [0.29, 0.717) is 5.82 Å². The molecule has 0 radical (unpaired) electrons. The number of nitrogens with zero attached hydrogens (tertiary/aromatic N) is 6. The molecule has 10 heteroatoms. The molecule has 34 heavy (non-hydrogen) atoms. The van der Waals surface area contributed by atoms with Gasteiger partial charge in [-0.3, -0.25) is 15.1 Å². The molecule has 7 rings (SSSR count). The van der Waals surface area contributed by atoms with E-state index in [1.54, 1.807) is 29.9 Å². The highest BCUT2D eigenvalue weighted by molar-refractivity contribution is 7.08. The van der Waals surface area contributed by atoms with Crippen LogP contribution in [-0.2, 0) is 0 Å². The number of benzene rings is 1. The number of hydrogen-bond acceptors (Lipinski definition) is 8. The summed E-state index contributed by atoms with van der Waals surface area (Å²) in [6, 6.07) is 10.3. The quantitative estimate of drug-likeness (QED) is 0.361. The van der Waals surface area contributed by atoms with E-state index in [9.17, 15) is 0 Å². The predicted molar refractivity (Wildman–Crippen MR) is 134 cm³/mol. The highest BCUT2D eigenvalue weighted by Gasteiger charge is 2.24. The fourth-order valence-corrected chi connectivity index (χ4v) is 5.00. The highest BCUT2D eigenvalue weighted by Crippen LogP contribution is 2.32. The largest absolute Gasteiger partial charge is 0.352 e. The summed E-state index contributed by atoms with van der Waals surface area (Å²) in [5.74, 6) is 1.54. The van der Waals surface area contributed by atoms with Crippen LogP contribution in [0.4, 0.5) is 5.82 Å². The SMILES string of the molecule is NC1CN(c2cncc(-c3ccc4[nH]nc(-c5nc6c(-c7ccsc7)nccc6[nH]5)c4c3)n2)C1. The Bertz CT molecular complexity index is 1640. The fraction of sp³-hybridized carbons (Fsp3) is 0.125. The third-order valence-corrected chi connectivity index (χ3v) is 6.82. The highest BCUT2D eigenvalue weighted by atomic mass is 32.1. The summed E-state index contributed by atoms with van der Waals surface area (Å²) in [6.45, 7) is 1.61. The first kappa shape index (κ1) is 19.3. The van der Waals surface area contributed by atoms with Crippen LogP contribution < -0.4 is 10.6 Å². The average molecular weight is 466 g/mol. The molecule has 166 valence electrons. The summed E-state index contributed by atoms with van der Waals surface area (Å²) >= 11 is 1.64. The van der Waals surface area contributed by atoms with Crippen LogP contribution in [0.5, 0.6) is 0 Å². The monoisotopic (exact) mass is 465 g/mol. The van der Waals surface area contributed by atoms with Crippen molar-refractivity contribution in [2.24, 2.45) is 5.73 Å². The number of aromatic nitrogens is 7. The summed E-state index contributed by atoms with van der Waals surface area (Å²) in [4.78, 5) is 24.2. The van der Waals surface area contributed by atoms with E-state index in [4.69, 9.17) is 15.7 Å².